The van der Waals surface area contributed by atoms with Crippen LogP contribution in [0.5, 0.6) is 0 Å². The Morgan fingerprint density at radius 3 is 2.60 bits per heavy atom. The molecule has 2 nitrogen and oxygen atoms in total. The van der Waals surface area contributed by atoms with Gasteiger partial charge < -0.3 is 10.2 Å². The van der Waals surface area contributed by atoms with Crippen LogP contribution in [0.4, 0.5) is 0 Å². The molecule has 0 unspecified atom stereocenters. The minimum absolute atomic E-state index is 0.209. The van der Waals surface area contributed by atoms with Crippen molar-refractivity contribution < 1.29 is 4.42 Å². The molecule has 78 valence electrons. The van der Waals surface area contributed by atoms with Gasteiger partial charge in [0.1, 0.15) is 11.3 Å². The fourth-order valence-corrected chi connectivity index (χ4v) is 2.48. The lowest BCUT2D eigenvalue weighted by atomic mass is 9.96. The zero-order chi connectivity index (χ0) is 10.3. The molecule has 0 atom stereocenters. The smallest absolute Gasteiger partial charge is 0.134 e. The van der Waals surface area contributed by atoms with Gasteiger partial charge in [-0.25, -0.2) is 0 Å². The number of rotatable bonds is 1. The van der Waals surface area contributed by atoms with Crippen molar-refractivity contribution in [1.82, 2.24) is 0 Å². The van der Waals surface area contributed by atoms with Crippen LogP contribution in [0.25, 0.3) is 11.0 Å². The molecule has 1 heterocycles. The quantitative estimate of drug-likeness (QED) is 0.769. The minimum Gasteiger partial charge on any atom is -0.459 e. The molecule has 1 saturated carbocycles. The highest BCUT2D eigenvalue weighted by Crippen LogP contribution is 2.38. The fourth-order valence-electron chi connectivity index (χ4n) is 2.48. The third-order valence-electron chi connectivity index (χ3n) is 3.41. The Hall–Kier alpha value is -1.28. The van der Waals surface area contributed by atoms with E-state index in [-0.39, 0.29) is 5.54 Å². The SMILES string of the molecule is NC1(c2cc3ccccc3o2)CCCC1. The predicted molar refractivity (Wildman–Crippen MR) is 60.5 cm³/mol. The third kappa shape index (κ3) is 1.37. The van der Waals surface area contributed by atoms with Crippen molar-refractivity contribution in [3.8, 4) is 0 Å². The summed E-state index contributed by atoms with van der Waals surface area (Å²) in [6.07, 6.45) is 4.53. The van der Waals surface area contributed by atoms with E-state index in [1.165, 1.54) is 12.8 Å². The molecule has 2 aromatic rings. The molecule has 0 aliphatic heterocycles. The Morgan fingerprint density at radius 1 is 1.13 bits per heavy atom. The number of para-hydroxylation sites is 1. The molecule has 0 spiro atoms. The van der Waals surface area contributed by atoms with E-state index in [2.05, 4.69) is 12.1 Å². The van der Waals surface area contributed by atoms with Gasteiger partial charge in [-0.2, -0.15) is 0 Å². The summed E-state index contributed by atoms with van der Waals surface area (Å²) >= 11 is 0. The molecule has 1 aromatic carbocycles. The van der Waals surface area contributed by atoms with Gasteiger partial charge >= 0.3 is 0 Å². The maximum Gasteiger partial charge on any atom is 0.134 e. The first-order valence-electron chi connectivity index (χ1n) is 5.56. The van der Waals surface area contributed by atoms with Crippen molar-refractivity contribution in [2.45, 2.75) is 31.2 Å². The summed E-state index contributed by atoms with van der Waals surface area (Å²) in [5.74, 6) is 0.959. The van der Waals surface area contributed by atoms with E-state index in [9.17, 15) is 0 Å². The van der Waals surface area contributed by atoms with Crippen LogP contribution in [0, 0.1) is 0 Å². The van der Waals surface area contributed by atoms with E-state index in [0.717, 1.165) is 29.6 Å². The van der Waals surface area contributed by atoms with Crippen molar-refractivity contribution in [3.63, 3.8) is 0 Å². The standard InChI is InChI=1S/C13H15NO/c14-13(7-3-4-8-13)12-9-10-5-1-2-6-11(10)15-12/h1-2,5-6,9H,3-4,7-8,14H2. The second-order valence-electron chi connectivity index (χ2n) is 4.51. The number of benzene rings is 1. The molecule has 15 heavy (non-hydrogen) atoms. The topological polar surface area (TPSA) is 39.2 Å². The van der Waals surface area contributed by atoms with E-state index in [4.69, 9.17) is 10.2 Å². The average Bonchev–Trinajstić information content (AvgIpc) is 2.84. The highest BCUT2D eigenvalue weighted by atomic mass is 16.3. The van der Waals surface area contributed by atoms with Crippen molar-refractivity contribution in [2.75, 3.05) is 0 Å². The van der Waals surface area contributed by atoms with Crippen LogP contribution in [0.15, 0.2) is 34.7 Å². The van der Waals surface area contributed by atoms with Crippen LogP contribution >= 0.6 is 0 Å². The lowest BCUT2D eigenvalue weighted by molar-refractivity contribution is 0.362. The van der Waals surface area contributed by atoms with Crippen LogP contribution < -0.4 is 5.73 Å². The monoisotopic (exact) mass is 201 g/mol. The molecule has 0 amide bonds. The summed E-state index contributed by atoms with van der Waals surface area (Å²) in [4.78, 5) is 0. The summed E-state index contributed by atoms with van der Waals surface area (Å²) < 4.78 is 5.83. The van der Waals surface area contributed by atoms with Gasteiger partial charge in [-0.3, -0.25) is 0 Å². The minimum atomic E-state index is -0.209. The maximum absolute atomic E-state index is 6.35. The molecule has 0 bridgehead atoms. The molecule has 0 radical (unpaired) electrons. The molecule has 1 aliphatic rings. The first kappa shape index (κ1) is 8.98. The Bertz CT molecular complexity index is 447. The van der Waals surface area contributed by atoms with Gasteiger partial charge in [-0.05, 0) is 25.0 Å². The highest BCUT2D eigenvalue weighted by Gasteiger charge is 2.34. The Kier molecular flexibility index (Phi) is 1.86. The molecule has 1 aromatic heterocycles. The zero-order valence-electron chi connectivity index (χ0n) is 8.70. The number of furan rings is 1. The van der Waals surface area contributed by atoms with Gasteiger partial charge in [-0.15, -0.1) is 0 Å². The molecular weight excluding hydrogens is 186 g/mol. The van der Waals surface area contributed by atoms with Crippen molar-refractivity contribution in [2.24, 2.45) is 5.73 Å². The summed E-state index contributed by atoms with van der Waals surface area (Å²) in [6, 6.07) is 10.2. The Balaban J connectivity index is 2.11. The molecule has 0 saturated heterocycles. The van der Waals surface area contributed by atoms with Gasteiger partial charge in [0.15, 0.2) is 0 Å². The molecule has 3 rings (SSSR count). The van der Waals surface area contributed by atoms with Crippen LogP contribution in [-0.2, 0) is 5.54 Å². The largest absolute Gasteiger partial charge is 0.459 e. The van der Waals surface area contributed by atoms with Gasteiger partial charge in [0.25, 0.3) is 0 Å². The van der Waals surface area contributed by atoms with Crippen LogP contribution in [-0.4, -0.2) is 0 Å². The first-order chi connectivity index (χ1) is 7.28. The molecule has 2 N–H and O–H groups in total. The van der Waals surface area contributed by atoms with Crippen LogP contribution in [0.1, 0.15) is 31.4 Å². The second kappa shape index (κ2) is 3.11. The average molecular weight is 201 g/mol. The first-order valence-corrected chi connectivity index (χ1v) is 5.56. The number of hydrogen-bond acceptors (Lipinski definition) is 2. The number of fused-ring (bicyclic) bond motifs is 1. The second-order valence-corrected chi connectivity index (χ2v) is 4.51. The molecular formula is C13H15NO. The molecule has 1 aliphatic carbocycles. The normalized spacial score (nSPS) is 19.8. The summed E-state index contributed by atoms with van der Waals surface area (Å²) in [6.45, 7) is 0. The van der Waals surface area contributed by atoms with Crippen LogP contribution in [0.3, 0.4) is 0 Å². The van der Waals surface area contributed by atoms with Gasteiger partial charge in [0, 0.05) is 5.39 Å². The van der Waals surface area contributed by atoms with E-state index in [1.54, 1.807) is 0 Å². The maximum atomic E-state index is 6.35. The van der Waals surface area contributed by atoms with Gasteiger partial charge in [0.2, 0.25) is 0 Å². The van der Waals surface area contributed by atoms with E-state index < -0.39 is 0 Å². The molecule has 1 fully saturated rings. The third-order valence-corrected chi connectivity index (χ3v) is 3.41. The van der Waals surface area contributed by atoms with Gasteiger partial charge in [0.05, 0.1) is 5.54 Å². The summed E-state index contributed by atoms with van der Waals surface area (Å²) in [7, 11) is 0. The number of nitrogens with two attached hydrogens (primary N) is 1. The van der Waals surface area contributed by atoms with Crippen molar-refractivity contribution >= 4 is 11.0 Å². The Morgan fingerprint density at radius 2 is 1.87 bits per heavy atom. The Labute approximate surface area is 89.1 Å². The highest BCUT2D eigenvalue weighted by molar-refractivity contribution is 5.78. The van der Waals surface area contributed by atoms with Crippen LogP contribution in [0.2, 0.25) is 0 Å². The van der Waals surface area contributed by atoms with E-state index >= 15 is 0 Å². The zero-order valence-corrected chi connectivity index (χ0v) is 8.70. The molecule has 2 heteroatoms. The van der Waals surface area contributed by atoms with Crippen molar-refractivity contribution in [1.29, 1.82) is 0 Å². The van der Waals surface area contributed by atoms with E-state index in [0.29, 0.717) is 0 Å². The van der Waals surface area contributed by atoms with E-state index in [1.807, 2.05) is 18.2 Å². The lowest BCUT2D eigenvalue weighted by Gasteiger charge is -2.19. The number of hydrogen-bond donors (Lipinski definition) is 1. The van der Waals surface area contributed by atoms with Gasteiger partial charge in [-0.1, -0.05) is 31.0 Å². The summed E-state index contributed by atoms with van der Waals surface area (Å²) in [5, 5.41) is 1.16. The fraction of sp³-hybridized carbons (Fsp3) is 0.385. The summed E-state index contributed by atoms with van der Waals surface area (Å²) in [5.41, 5.74) is 7.09. The predicted octanol–water partition coefficient (Wildman–Crippen LogP) is 3.16. The van der Waals surface area contributed by atoms with Crippen molar-refractivity contribution in [3.05, 3.63) is 36.1 Å². The lowest BCUT2D eigenvalue weighted by Crippen LogP contribution is -2.32.